The first-order valence-electron chi connectivity index (χ1n) is 8.35. The van der Waals surface area contributed by atoms with Crippen LogP contribution in [0.25, 0.3) is 11.2 Å². The third-order valence-electron chi connectivity index (χ3n) is 3.95. The van der Waals surface area contributed by atoms with Crippen molar-refractivity contribution in [1.29, 1.82) is 0 Å². The van der Waals surface area contributed by atoms with E-state index in [1.807, 2.05) is 0 Å². The lowest BCUT2D eigenvalue weighted by molar-refractivity contribution is 0.1000. The number of hydrogen-bond donors (Lipinski definition) is 4. The number of anilines is 2. The summed E-state index contributed by atoms with van der Waals surface area (Å²) in [6.07, 6.45) is 0.420. The summed E-state index contributed by atoms with van der Waals surface area (Å²) in [7, 11) is -3.62. The summed E-state index contributed by atoms with van der Waals surface area (Å²) >= 11 is 0. The van der Waals surface area contributed by atoms with Gasteiger partial charge in [0.05, 0.1) is 12.3 Å². The van der Waals surface area contributed by atoms with Crippen molar-refractivity contribution >= 4 is 38.9 Å². The van der Waals surface area contributed by atoms with E-state index in [-0.39, 0.29) is 35.2 Å². The zero-order valence-corrected chi connectivity index (χ0v) is 15.8. The number of sulfonamides is 1. The molecule has 11 nitrogen and oxygen atoms in total. The molecule has 3 rings (SSSR count). The summed E-state index contributed by atoms with van der Waals surface area (Å²) in [6.45, 7) is 1.85. The highest BCUT2D eigenvalue weighted by Gasteiger charge is 2.17. The van der Waals surface area contributed by atoms with E-state index < -0.39 is 21.6 Å². The fourth-order valence-corrected chi connectivity index (χ4v) is 3.67. The number of carbonyl (C=O) groups excluding carboxylic acids is 1. The Labute approximate surface area is 159 Å². The monoisotopic (exact) mass is 405 g/mol. The summed E-state index contributed by atoms with van der Waals surface area (Å²) in [5.41, 5.74) is 12.0. The molecule has 12 heteroatoms. The molecule has 148 valence electrons. The molecular formula is C16H19N7O4S. The van der Waals surface area contributed by atoms with Crippen LogP contribution in [0.2, 0.25) is 0 Å². The number of nitrogens with zero attached hydrogens (tertiary/aromatic N) is 3. The summed E-state index contributed by atoms with van der Waals surface area (Å²) in [6, 6.07) is 6.40. The second-order valence-corrected chi connectivity index (χ2v) is 7.97. The van der Waals surface area contributed by atoms with Gasteiger partial charge in [-0.2, -0.15) is 9.97 Å². The number of carbonyl (C=O) groups is 1. The molecule has 6 N–H and O–H groups in total. The fourth-order valence-electron chi connectivity index (χ4n) is 2.66. The van der Waals surface area contributed by atoms with Gasteiger partial charge < -0.3 is 16.5 Å². The van der Waals surface area contributed by atoms with Gasteiger partial charge in [-0.05, 0) is 24.1 Å². The lowest BCUT2D eigenvalue weighted by atomic mass is 10.1. The topological polar surface area (TPSA) is 179 Å². The Hall–Kier alpha value is -3.41. The van der Waals surface area contributed by atoms with Crippen molar-refractivity contribution < 1.29 is 13.2 Å². The van der Waals surface area contributed by atoms with Crippen molar-refractivity contribution in [1.82, 2.24) is 19.5 Å². The SMILES string of the molecule is CCCS(=O)(=O)Nc1nc(N)c2[nH]c(=O)n(Cc3ccc(C(N)=O)cc3)c2n1. The summed E-state index contributed by atoms with van der Waals surface area (Å²) in [4.78, 5) is 34.1. The molecule has 0 saturated carbocycles. The van der Waals surface area contributed by atoms with Gasteiger partial charge in [-0.3, -0.25) is 14.1 Å². The zero-order chi connectivity index (χ0) is 20.5. The molecule has 3 aromatic rings. The van der Waals surface area contributed by atoms with Crippen LogP contribution in [0, 0.1) is 0 Å². The van der Waals surface area contributed by atoms with Crippen molar-refractivity contribution in [3.8, 4) is 0 Å². The first-order chi connectivity index (χ1) is 13.2. The molecule has 0 radical (unpaired) electrons. The second kappa shape index (κ2) is 7.31. The molecule has 0 saturated heterocycles. The molecular weight excluding hydrogens is 386 g/mol. The lowest BCUT2D eigenvalue weighted by Gasteiger charge is -2.08. The molecule has 2 aromatic heterocycles. The third kappa shape index (κ3) is 3.96. The van der Waals surface area contributed by atoms with Gasteiger partial charge in [-0.1, -0.05) is 19.1 Å². The van der Waals surface area contributed by atoms with E-state index in [9.17, 15) is 18.0 Å². The van der Waals surface area contributed by atoms with Crippen LogP contribution < -0.4 is 21.9 Å². The van der Waals surface area contributed by atoms with Crippen LogP contribution in [-0.4, -0.2) is 39.6 Å². The number of amides is 1. The number of benzene rings is 1. The van der Waals surface area contributed by atoms with Gasteiger partial charge >= 0.3 is 5.69 Å². The van der Waals surface area contributed by atoms with Gasteiger partial charge in [0, 0.05) is 5.56 Å². The Morgan fingerprint density at radius 1 is 1.25 bits per heavy atom. The third-order valence-corrected chi connectivity index (χ3v) is 5.39. The van der Waals surface area contributed by atoms with Gasteiger partial charge in [0.2, 0.25) is 21.9 Å². The predicted octanol–water partition coefficient (Wildman–Crippen LogP) is 0.000700. The standard InChI is InChI=1S/C16H19N7O4S/c1-2-7-28(26,27)22-15-20-12(17)11-14(21-15)23(16(25)19-11)8-9-3-5-10(6-4-9)13(18)24/h3-6H,2,7-8H2,1H3,(H2,18,24)(H,19,25)(H3,17,20,21,22). The number of fused-ring (bicyclic) bond motifs is 1. The molecule has 0 aliphatic heterocycles. The molecule has 0 bridgehead atoms. The van der Waals surface area contributed by atoms with Gasteiger partial charge in [0.25, 0.3) is 0 Å². The van der Waals surface area contributed by atoms with Crippen molar-refractivity contribution in [3.63, 3.8) is 0 Å². The first-order valence-corrected chi connectivity index (χ1v) is 10.0. The molecule has 0 fully saturated rings. The Bertz CT molecular complexity index is 1200. The van der Waals surface area contributed by atoms with E-state index in [0.29, 0.717) is 17.5 Å². The Kier molecular flexibility index (Phi) is 5.05. The summed E-state index contributed by atoms with van der Waals surface area (Å²) in [5.74, 6) is -0.921. The zero-order valence-electron chi connectivity index (χ0n) is 15.0. The van der Waals surface area contributed by atoms with Crippen molar-refractivity contribution in [2.45, 2.75) is 19.9 Å². The Balaban J connectivity index is 2.01. The number of primary amides is 1. The lowest BCUT2D eigenvalue weighted by Crippen LogP contribution is -2.20. The minimum Gasteiger partial charge on any atom is -0.382 e. The number of H-pyrrole nitrogens is 1. The maximum atomic E-state index is 12.3. The number of rotatable bonds is 7. The van der Waals surface area contributed by atoms with Gasteiger partial charge in [0.15, 0.2) is 11.5 Å². The van der Waals surface area contributed by atoms with Crippen molar-refractivity contribution in [2.75, 3.05) is 16.2 Å². The first kappa shape index (κ1) is 19.4. The van der Waals surface area contributed by atoms with Gasteiger partial charge in [-0.15, -0.1) is 0 Å². The van der Waals surface area contributed by atoms with Crippen LogP contribution in [-0.2, 0) is 16.6 Å². The second-order valence-electron chi connectivity index (χ2n) is 6.13. The number of aromatic amines is 1. The largest absolute Gasteiger partial charge is 0.382 e. The number of nitrogens with one attached hydrogen (secondary N) is 2. The maximum absolute atomic E-state index is 12.3. The molecule has 28 heavy (non-hydrogen) atoms. The minimum absolute atomic E-state index is 0.0564. The van der Waals surface area contributed by atoms with Gasteiger partial charge in [-0.25, -0.2) is 13.2 Å². The van der Waals surface area contributed by atoms with Crippen LogP contribution >= 0.6 is 0 Å². The van der Waals surface area contributed by atoms with Crippen molar-refractivity contribution in [2.24, 2.45) is 5.73 Å². The van der Waals surface area contributed by atoms with E-state index >= 15 is 0 Å². The maximum Gasteiger partial charge on any atom is 0.328 e. The number of imidazole rings is 1. The van der Waals surface area contributed by atoms with Crippen LogP contribution in [0.5, 0.6) is 0 Å². The highest BCUT2D eigenvalue weighted by Crippen LogP contribution is 2.18. The molecule has 1 amide bonds. The molecule has 0 aliphatic carbocycles. The van der Waals surface area contributed by atoms with Crippen LogP contribution in [0.1, 0.15) is 29.3 Å². The molecule has 2 heterocycles. The number of nitrogen functional groups attached to an aromatic ring is 1. The van der Waals surface area contributed by atoms with E-state index in [0.717, 1.165) is 0 Å². The molecule has 0 spiro atoms. The average molecular weight is 405 g/mol. The molecule has 0 unspecified atom stereocenters. The summed E-state index contributed by atoms with van der Waals surface area (Å²) in [5, 5.41) is 0. The number of aromatic nitrogens is 4. The summed E-state index contributed by atoms with van der Waals surface area (Å²) < 4.78 is 27.5. The Morgan fingerprint density at radius 3 is 2.54 bits per heavy atom. The smallest absolute Gasteiger partial charge is 0.328 e. The Morgan fingerprint density at radius 2 is 1.93 bits per heavy atom. The quantitative estimate of drug-likeness (QED) is 0.427. The van der Waals surface area contributed by atoms with E-state index in [4.69, 9.17) is 11.5 Å². The molecule has 0 atom stereocenters. The minimum atomic E-state index is -3.62. The van der Waals surface area contributed by atoms with Crippen LogP contribution in [0.4, 0.5) is 11.8 Å². The normalized spacial score (nSPS) is 11.6. The van der Waals surface area contributed by atoms with E-state index in [2.05, 4.69) is 19.7 Å². The predicted molar refractivity (Wildman–Crippen MR) is 104 cm³/mol. The highest BCUT2D eigenvalue weighted by molar-refractivity contribution is 7.92. The van der Waals surface area contributed by atoms with Gasteiger partial charge in [0.1, 0.15) is 5.52 Å². The van der Waals surface area contributed by atoms with Crippen LogP contribution in [0.3, 0.4) is 0 Å². The number of nitrogens with two attached hydrogens (primary N) is 2. The molecule has 0 aliphatic rings. The fraction of sp³-hybridized carbons (Fsp3) is 0.250. The average Bonchev–Trinajstić information content (AvgIpc) is 2.91. The van der Waals surface area contributed by atoms with E-state index in [1.165, 1.54) is 4.57 Å². The van der Waals surface area contributed by atoms with E-state index in [1.54, 1.807) is 31.2 Å². The van der Waals surface area contributed by atoms with Crippen LogP contribution in [0.15, 0.2) is 29.1 Å². The number of hydrogen-bond acceptors (Lipinski definition) is 7. The highest BCUT2D eigenvalue weighted by atomic mass is 32.2. The molecule has 1 aromatic carbocycles. The van der Waals surface area contributed by atoms with Crippen molar-refractivity contribution in [3.05, 3.63) is 45.9 Å².